The summed E-state index contributed by atoms with van der Waals surface area (Å²) in [5.41, 5.74) is 0.691. The average molecular weight is 289 g/mol. The molecule has 0 radical (unpaired) electrons. The van der Waals surface area contributed by atoms with Crippen LogP contribution in [0.25, 0.3) is 11.3 Å². The van der Waals surface area contributed by atoms with Crippen molar-refractivity contribution in [3.05, 3.63) is 30.2 Å². The van der Waals surface area contributed by atoms with Crippen LogP contribution in [-0.4, -0.2) is 43.5 Å². The Morgan fingerprint density at radius 1 is 1.33 bits per heavy atom. The zero-order valence-corrected chi connectivity index (χ0v) is 11.5. The van der Waals surface area contributed by atoms with Gasteiger partial charge in [0.25, 0.3) is 0 Å². The number of hydrogen-bond acceptors (Lipinski definition) is 5. The molecule has 1 amide bonds. The highest BCUT2D eigenvalue weighted by atomic mass is 16.4. The van der Waals surface area contributed by atoms with Gasteiger partial charge in [-0.25, -0.2) is 9.48 Å². The number of amides is 1. The first-order valence-electron chi connectivity index (χ1n) is 6.47. The first kappa shape index (κ1) is 14.6. The van der Waals surface area contributed by atoms with Crippen molar-refractivity contribution in [2.45, 2.75) is 19.9 Å². The fourth-order valence-electron chi connectivity index (χ4n) is 1.82. The molecule has 0 fully saturated rings. The first-order valence-corrected chi connectivity index (χ1v) is 6.47. The van der Waals surface area contributed by atoms with Gasteiger partial charge < -0.3 is 10.4 Å². The SMILES string of the molecule is CCCNC(=O)Cn1nnc(C(=O)O)c1-c1ccncc1. The zero-order valence-electron chi connectivity index (χ0n) is 11.5. The molecule has 0 saturated heterocycles. The lowest BCUT2D eigenvalue weighted by Gasteiger charge is -2.07. The molecular formula is C13H15N5O3. The second-order valence-electron chi connectivity index (χ2n) is 4.34. The summed E-state index contributed by atoms with van der Waals surface area (Å²) in [6.07, 6.45) is 3.89. The molecule has 21 heavy (non-hydrogen) atoms. The van der Waals surface area contributed by atoms with Gasteiger partial charge in [-0.1, -0.05) is 12.1 Å². The maximum Gasteiger partial charge on any atom is 0.358 e. The highest BCUT2D eigenvalue weighted by Gasteiger charge is 2.21. The second-order valence-corrected chi connectivity index (χ2v) is 4.34. The minimum atomic E-state index is -1.19. The van der Waals surface area contributed by atoms with Crippen molar-refractivity contribution in [2.75, 3.05) is 6.54 Å². The molecule has 0 aromatic carbocycles. The molecule has 0 spiro atoms. The third-order valence-corrected chi connectivity index (χ3v) is 2.76. The van der Waals surface area contributed by atoms with Crippen molar-refractivity contribution in [3.8, 4) is 11.3 Å². The molecule has 0 aliphatic heterocycles. The average Bonchev–Trinajstić information content (AvgIpc) is 2.89. The number of rotatable bonds is 6. The van der Waals surface area contributed by atoms with Crippen molar-refractivity contribution in [1.29, 1.82) is 0 Å². The van der Waals surface area contributed by atoms with Gasteiger partial charge in [-0.3, -0.25) is 9.78 Å². The maximum atomic E-state index is 11.8. The summed E-state index contributed by atoms with van der Waals surface area (Å²) in [7, 11) is 0. The lowest BCUT2D eigenvalue weighted by atomic mass is 10.1. The maximum absolute atomic E-state index is 11.8. The Bertz CT molecular complexity index is 639. The smallest absolute Gasteiger partial charge is 0.358 e. The third-order valence-electron chi connectivity index (χ3n) is 2.76. The zero-order chi connectivity index (χ0) is 15.2. The second kappa shape index (κ2) is 6.60. The number of carbonyl (C=O) groups excluding carboxylic acids is 1. The molecule has 0 bridgehead atoms. The molecule has 0 unspecified atom stereocenters. The number of nitrogens with zero attached hydrogens (tertiary/aromatic N) is 4. The van der Waals surface area contributed by atoms with Crippen LogP contribution in [0.2, 0.25) is 0 Å². The molecule has 2 rings (SSSR count). The van der Waals surface area contributed by atoms with E-state index in [9.17, 15) is 14.7 Å². The van der Waals surface area contributed by atoms with Crippen LogP contribution in [0.15, 0.2) is 24.5 Å². The van der Waals surface area contributed by atoms with Gasteiger partial charge in [-0.2, -0.15) is 0 Å². The standard InChI is InChI=1S/C13H15N5O3/c1-2-5-15-10(19)8-18-12(9-3-6-14-7-4-9)11(13(20)21)16-17-18/h3-4,6-7H,2,5,8H2,1H3,(H,15,19)(H,20,21). The molecule has 0 saturated carbocycles. The van der Waals surface area contributed by atoms with Gasteiger partial charge in [0.15, 0.2) is 5.69 Å². The van der Waals surface area contributed by atoms with E-state index in [1.165, 1.54) is 17.1 Å². The van der Waals surface area contributed by atoms with Gasteiger partial charge in [0, 0.05) is 24.5 Å². The number of pyridine rings is 1. The van der Waals surface area contributed by atoms with Crippen LogP contribution in [0.1, 0.15) is 23.8 Å². The molecule has 110 valence electrons. The summed E-state index contributed by atoms with van der Waals surface area (Å²) in [6, 6.07) is 3.29. The molecule has 0 aliphatic carbocycles. The monoisotopic (exact) mass is 289 g/mol. The van der Waals surface area contributed by atoms with E-state index in [0.29, 0.717) is 12.1 Å². The van der Waals surface area contributed by atoms with Crippen molar-refractivity contribution in [1.82, 2.24) is 25.3 Å². The Labute approximate surface area is 120 Å². The van der Waals surface area contributed by atoms with Crippen LogP contribution < -0.4 is 5.32 Å². The Hall–Kier alpha value is -2.77. The van der Waals surface area contributed by atoms with Gasteiger partial charge in [0.05, 0.1) is 0 Å². The summed E-state index contributed by atoms with van der Waals surface area (Å²) >= 11 is 0. The highest BCUT2D eigenvalue weighted by molar-refractivity contribution is 5.93. The van der Waals surface area contributed by atoms with Crippen LogP contribution in [0.3, 0.4) is 0 Å². The third kappa shape index (κ3) is 3.41. The number of carboxylic acids is 1. The van der Waals surface area contributed by atoms with Gasteiger partial charge in [-0.05, 0) is 18.6 Å². The van der Waals surface area contributed by atoms with E-state index in [2.05, 4.69) is 20.6 Å². The predicted octanol–water partition coefficient (Wildman–Crippen LogP) is 0.564. The van der Waals surface area contributed by atoms with E-state index in [0.717, 1.165) is 6.42 Å². The number of aromatic nitrogens is 4. The fraction of sp³-hybridized carbons (Fsp3) is 0.308. The fourth-order valence-corrected chi connectivity index (χ4v) is 1.82. The van der Waals surface area contributed by atoms with Crippen LogP contribution in [0.4, 0.5) is 0 Å². The largest absolute Gasteiger partial charge is 0.476 e. The topological polar surface area (TPSA) is 110 Å². The highest BCUT2D eigenvalue weighted by Crippen LogP contribution is 2.21. The summed E-state index contributed by atoms with van der Waals surface area (Å²) in [5, 5.41) is 19.3. The van der Waals surface area contributed by atoms with Crippen LogP contribution >= 0.6 is 0 Å². The summed E-state index contributed by atoms with van der Waals surface area (Å²) in [5.74, 6) is -1.43. The molecule has 2 heterocycles. The molecule has 2 N–H and O–H groups in total. The van der Waals surface area contributed by atoms with Crippen molar-refractivity contribution in [3.63, 3.8) is 0 Å². The molecule has 2 aromatic rings. The number of carbonyl (C=O) groups is 2. The Morgan fingerprint density at radius 3 is 2.67 bits per heavy atom. The normalized spacial score (nSPS) is 10.3. The van der Waals surface area contributed by atoms with Gasteiger partial charge in [0.2, 0.25) is 5.91 Å². The quantitative estimate of drug-likeness (QED) is 0.804. The van der Waals surface area contributed by atoms with E-state index in [-0.39, 0.29) is 23.8 Å². The minimum Gasteiger partial charge on any atom is -0.476 e. The van der Waals surface area contributed by atoms with E-state index in [1.54, 1.807) is 12.1 Å². The van der Waals surface area contributed by atoms with Crippen LogP contribution in [0, 0.1) is 0 Å². The number of nitrogens with one attached hydrogen (secondary N) is 1. The van der Waals surface area contributed by atoms with Gasteiger partial charge in [-0.15, -0.1) is 5.10 Å². The number of hydrogen-bond donors (Lipinski definition) is 2. The Balaban J connectivity index is 2.34. The number of aromatic carboxylic acids is 1. The summed E-state index contributed by atoms with van der Waals surface area (Å²) < 4.78 is 1.28. The Morgan fingerprint density at radius 2 is 2.05 bits per heavy atom. The van der Waals surface area contributed by atoms with Crippen molar-refractivity contribution in [2.24, 2.45) is 0 Å². The van der Waals surface area contributed by atoms with Crippen LogP contribution in [-0.2, 0) is 11.3 Å². The van der Waals surface area contributed by atoms with E-state index in [1.807, 2.05) is 6.92 Å². The number of carboxylic acid groups (broad SMARTS) is 1. The Kier molecular flexibility index (Phi) is 4.60. The van der Waals surface area contributed by atoms with Crippen LogP contribution in [0.5, 0.6) is 0 Å². The van der Waals surface area contributed by atoms with Gasteiger partial charge in [0.1, 0.15) is 12.2 Å². The summed E-state index contributed by atoms with van der Waals surface area (Å²) in [4.78, 5) is 26.9. The summed E-state index contributed by atoms with van der Waals surface area (Å²) in [6.45, 7) is 2.42. The van der Waals surface area contributed by atoms with E-state index in [4.69, 9.17) is 0 Å². The molecule has 2 aromatic heterocycles. The lowest BCUT2D eigenvalue weighted by molar-refractivity contribution is -0.121. The molecule has 0 aliphatic rings. The van der Waals surface area contributed by atoms with E-state index < -0.39 is 5.97 Å². The molecular weight excluding hydrogens is 274 g/mol. The predicted molar refractivity (Wildman–Crippen MR) is 73.5 cm³/mol. The van der Waals surface area contributed by atoms with Gasteiger partial charge >= 0.3 is 5.97 Å². The van der Waals surface area contributed by atoms with Crippen molar-refractivity contribution >= 4 is 11.9 Å². The van der Waals surface area contributed by atoms with E-state index >= 15 is 0 Å². The molecule has 8 heteroatoms. The first-order chi connectivity index (χ1) is 10.1. The minimum absolute atomic E-state index is 0.0854. The lowest BCUT2D eigenvalue weighted by Crippen LogP contribution is -2.28. The molecule has 8 nitrogen and oxygen atoms in total. The van der Waals surface area contributed by atoms with Crippen molar-refractivity contribution < 1.29 is 14.7 Å². The molecule has 0 atom stereocenters.